The molecule has 1 fully saturated rings. The standard InChI is InChI=1S/C23H21N3O2/c27-22-15-18(16-26(22)19-11-5-2-6-12-19)24-23(28)25-21-14-8-7-13-20(21)17-9-3-1-4-10-17/h1-14,18H,15-16H2,(H2,24,25,28)/t18-/m1/s1. The van der Waals surface area contributed by atoms with Gasteiger partial charge in [-0.05, 0) is 23.8 Å². The van der Waals surface area contributed by atoms with Crippen molar-refractivity contribution >= 4 is 23.3 Å². The molecule has 0 radical (unpaired) electrons. The number of urea groups is 1. The second-order valence-corrected chi connectivity index (χ2v) is 6.75. The second kappa shape index (κ2) is 7.96. The number of hydrogen-bond acceptors (Lipinski definition) is 2. The molecular formula is C23H21N3O2. The van der Waals surface area contributed by atoms with Gasteiger partial charge in [-0.15, -0.1) is 0 Å². The van der Waals surface area contributed by atoms with Crippen LogP contribution in [-0.2, 0) is 4.79 Å². The lowest BCUT2D eigenvalue weighted by Gasteiger charge is -2.18. The van der Waals surface area contributed by atoms with Crippen molar-refractivity contribution in [3.63, 3.8) is 0 Å². The average Bonchev–Trinajstić information content (AvgIpc) is 3.09. The Morgan fingerprint density at radius 3 is 2.25 bits per heavy atom. The average molecular weight is 371 g/mol. The van der Waals surface area contributed by atoms with Crippen molar-refractivity contribution < 1.29 is 9.59 Å². The van der Waals surface area contributed by atoms with Crippen LogP contribution < -0.4 is 15.5 Å². The number of carbonyl (C=O) groups is 2. The third kappa shape index (κ3) is 3.88. The normalized spacial score (nSPS) is 16.1. The zero-order valence-electron chi connectivity index (χ0n) is 15.3. The Balaban J connectivity index is 1.43. The molecule has 5 nitrogen and oxygen atoms in total. The highest BCUT2D eigenvalue weighted by molar-refractivity contribution is 5.98. The Hall–Kier alpha value is -3.60. The summed E-state index contributed by atoms with van der Waals surface area (Å²) < 4.78 is 0. The summed E-state index contributed by atoms with van der Waals surface area (Å²) in [6.45, 7) is 0.469. The molecule has 0 bridgehead atoms. The summed E-state index contributed by atoms with van der Waals surface area (Å²) in [6.07, 6.45) is 0.294. The van der Waals surface area contributed by atoms with E-state index in [2.05, 4.69) is 10.6 Å². The Morgan fingerprint density at radius 1 is 0.857 bits per heavy atom. The Bertz CT molecular complexity index is 973. The minimum Gasteiger partial charge on any atom is -0.333 e. The van der Waals surface area contributed by atoms with E-state index < -0.39 is 0 Å². The zero-order valence-corrected chi connectivity index (χ0v) is 15.3. The van der Waals surface area contributed by atoms with Crippen LogP contribution in [0.25, 0.3) is 11.1 Å². The summed E-state index contributed by atoms with van der Waals surface area (Å²) in [5.74, 6) is 0.0150. The Kier molecular flexibility index (Phi) is 5.06. The predicted octanol–water partition coefficient (Wildman–Crippen LogP) is 4.28. The molecule has 0 saturated carbocycles. The lowest BCUT2D eigenvalue weighted by molar-refractivity contribution is -0.117. The number of anilines is 2. The van der Waals surface area contributed by atoms with E-state index in [4.69, 9.17) is 0 Å². The van der Waals surface area contributed by atoms with Crippen LogP contribution in [0, 0.1) is 0 Å². The van der Waals surface area contributed by atoms with E-state index in [-0.39, 0.29) is 18.0 Å². The maximum atomic E-state index is 12.5. The van der Waals surface area contributed by atoms with Crippen molar-refractivity contribution in [2.24, 2.45) is 0 Å². The third-order valence-electron chi connectivity index (χ3n) is 4.79. The molecule has 3 aromatic carbocycles. The molecule has 1 aliphatic rings. The van der Waals surface area contributed by atoms with Crippen LogP contribution in [0.3, 0.4) is 0 Å². The molecule has 4 rings (SSSR count). The number of amides is 3. The molecule has 3 aromatic rings. The van der Waals surface area contributed by atoms with Crippen LogP contribution in [0.5, 0.6) is 0 Å². The summed E-state index contributed by atoms with van der Waals surface area (Å²) in [6, 6.07) is 26.6. The fraction of sp³-hybridized carbons (Fsp3) is 0.130. The first-order valence-electron chi connectivity index (χ1n) is 9.28. The van der Waals surface area contributed by atoms with E-state index in [1.54, 1.807) is 4.90 Å². The SMILES string of the molecule is O=C(Nc1ccccc1-c1ccccc1)N[C@@H]1CC(=O)N(c2ccccc2)C1. The maximum absolute atomic E-state index is 12.5. The van der Waals surface area contributed by atoms with E-state index in [1.807, 2.05) is 84.9 Å². The molecule has 0 spiro atoms. The molecule has 0 aromatic heterocycles. The molecule has 3 amide bonds. The minimum absolute atomic E-state index is 0.0150. The van der Waals surface area contributed by atoms with E-state index in [0.717, 1.165) is 22.5 Å². The summed E-state index contributed by atoms with van der Waals surface area (Å²) >= 11 is 0. The highest BCUT2D eigenvalue weighted by atomic mass is 16.2. The van der Waals surface area contributed by atoms with Crippen LogP contribution in [0.1, 0.15) is 6.42 Å². The number of benzene rings is 3. The van der Waals surface area contributed by atoms with Crippen LogP contribution in [0.15, 0.2) is 84.9 Å². The Morgan fingerprint density at radius 2 is 1.50 bits per heavy atom. The van der Waals surface area contributed by atoms with Gasteiger partial charge in [0.25, 0.3) is 0 Å². The maximum Gasteiger partial charge on any atom is 0.319 e. The van der Waals surface area contributed by atoms with Gasteiger partial charge in [-0.3, -0.25) is 4.79 Å². The predicted molar refractivity (Wildman–Crippen MR) is 111 cm³/mol. The van der Waals surface area contributed by atoms with Crippen molar-refractivity contribution in [1.82, 2.24) is 5.32 Å². The summed E-state index contributed by atoms with van der Waals surface area (Å²) in [5.41, 5.74) is 3.57. The van der Waals surface area contributed by atoms with E-state index in [1.165, 1.54) is 0 Å². The highest BCUT2D eigenvalue weighted by Gasteiger charge is 2.31. The third-order valence-corrected chi connectivity index (χ3v) is 4.79. The quantitative estimate of drug-likeness (QED) is 0.719. The topological polar surface area (TPSA) is 61.4 Å². The van der Waals surface area contributed by atoms with Gasteiger partial charge in [-0.25, -0.2) is 4.79 Å². The van der Waals surface area contributed by atoms with E-state index in [0.29, 0.717) is 13.0 Å². The molecule has 28 heavy (non-hydrogen) atoms. The van der Waals surface area contributed by atoms with Crippen LogP contribution >= 0.6 is 0 Å². The summed E-state index contributed by atoms with van der Waals surface area (Å²) in [7, 11) is 0. The van der Waals surface area contributed by atoms with Gasteiger partial charge >= 0.3 is 6.03 Å². The molecule has 0 unspecified atom stereocenters. The van der Waals surface area contributed by atoms with Gasteiger partial charge in [-0.2, -0.15) is 0 Å². The first kappa shape index (κ1) is 17.8. The van der Waals surface area contributed by atoms with Crippen molar-refractivity contribution in [2.75, 3.05) is 16.8 Å². The van der Waals surface area contributed by atoms with Gasteiger partial charge in [0.15, 0.2) is 0 Å². The molecule has 140 valence electrons. The molecule has 1 aliphatic heterocycles. The number of carbonyl (C=O) groups excluding carboxylic acids is 2. The number of para-hydroxylation sites is 2. The van der Waals surface area contributed by atoms with Crippen LogP contribution in [0.4, 0.5) is 16.2 Å². The molecule has 1 atom stereocenters. The van der Waals surface area contributed by atoms with E-state index >= 15 is 0 Å². The van der Waals surface area contributed by atoms with Crippen molar-refractivity contribution in [2.45, 2.75) is 12.5 Å². The lowest BCUT2D eigenvalue weighted by atomic mass is 10.0. The van der Waals surface area contributed by atoms with Gasteiger partial charge < -0.3 is 15.5 Å². The molecular weight excluding hydrogens is 350 g/mol. The number of nitrogens with zero attached hydrogens (tertiary/aromatic N) is 1. The fourth-order valence-corrected chi connectivity index (χ4v) is 3.47. The first-order chi connectivity index (χ1) is 13.7. The first-order valence-corrected chi connectivity index (χ1v) is 9.28. The highest BCUT2D eigenvalue weighted by Crippen LogP contribution is 2.27. The van der Waals surface area contributed by atoms with Gasteiger partial charge in [0.1, 0.15) is 0 Å². The number of rotatable bonds is 4. The Labute approximate surface area is 164 Å². The molecule has 2 N–H and O–H groups in total. The van der Waals surface area contributed by atoms with Gasteiger partial charge in [0.2, 0.25) is 5.91 Å². The molecule has 5 heteroatoms. The van der Waals surface area contributed by atoms with E-state index in [9.17, 15) is 9.59 Å². The largest absolute Gasteiger partial charge is 0.333 e. The zero-order chi connectivity index (χ0) is 19.3. The van der Waals surface area contributed by atoms with Crippen LogP contribution in [-0.4, -0.2) is 24.5 Å². The minimum atomic E-state index is -0.309. The molecule has 1 saturated heterocycles. The van der Waals surface area contributed by atoms with Crippen molar-refractivity contribution in [3.05, 3.63) is 84.9 Å². The smallest absolute Gasteiger partial charge is 0.319 e. The lowest BCUT2D eigenvalue weighted by Crippen LogP contribution is -2.39. The van der Waals surface area contributed by atoms with Crippen molar-refractivity contribution in [1.29, 1.82) is 0 Å². The molecule has 0 aliphatic carbocycles. The monoisotopic (exact) mass is 371 g/mol. The van der Waals surface area contributed by atoms with Crippen LogP contribution in [0.2, 0.25) is 0 Å². The van der Waals surface area contributed by atoms with Gasteiger partial charge in [-0.1, -0.05) is 66.7 Å². The van der Waals surface area contributed by atoms with Gasteiger partial charge in [0, 0.05) is 24.2 Å². The molecule has 1 heterocycles. The van der Waals surface area contributed by atoms with Crippen molar-refractivity contribution in [3.8, 4) is 11.1 Å². The summed E-state index contributed by atoms with van der Waals surface area (Å²) in [4.78, 5) is 26.6. The van der Waals surface area contributed by atoms with Gasteiger partial charge in [0.05, 0.1) is 11.7 Å². The number of nitrogens with one attached hydrogen (secondary N) is 2. The fourth-order valence-electron chi connectivity index (χ4n) is 3.47. The summed E-state index contributed by atoms with van der Waals surface area (Å²) in [5, 5.41) is 5.85. The number of hydrogen-bond donors (Lipinski definition) is 2. The second-order valence-electron chi connectivity index (χ2n) is 6.75.